The average molecular weight is 204 g/mol. The van der Waals surface area contributed by atoms with Gasteiger partial charge >= 0.3 is 0 Å². The van der Waals surface area contributed by atoms with Crippen LogP contribution in [-0.4, -0.2) is 4.98 Å². The molecule has 82 valence electrons. The van der Waals surface area contributed by atoms with Crippen LogP contribution in [0.2, 0.25) is 0 Å². The second kappa shape index (κ2) is 3.22. The highest BCUT2D eigenvalue weighted by Gasteiger charge is 2.33. The molecule has 1 atom stereocenters. The van der Waals surface area contributed by atoms with Gasteiger partial charge in [0.2, 0.25) is 0 Å². The minimum Gasteiger partial charge on any atom is -0.384 e. The van der Waals surface area contributed by atoms with Gasteiger partial charge in [-0.05, 0) is 48.3 Å². The number of nitrogen functional groups attached to an aromatic ring is 1. The van der Waals surface area contributed by atoms with Crippen LogP contribution < -0.4 is 5.73 Å². The summed E-state index contributed by atoms with van der Waals surface area (Å²) in [6.07, 6.45) is 2.40. The van der Waals surface area contributed by atoms with Gasteiger partial charge < -0.3 is 5.73 Å². The van der Waals surface area contributed by atoms with E-state index in [-0.39, 0.29) is 0 Å². The molecule has 1 aliphatic carbocycles. The van der Waals surface area contributed by atoms with Crippen LogP contribution in [0.15, 0.2) is 6.07 Å². The Labute approximate surface area is 91.9 Å². The molecule has 0 bridgehead atoms. The Hall–Kier alpha value is -1.05. The zero-order valence-corrected chi connectivity index (χ0v) is 10.1. The van der Waals surface area contributed by atoms with Crippen molar-refractivity contribution in [1.82, 2.24) is 4.98 Å². The van der Waals surface area contributed by atoms with E-state index >= 15 is 0 Å². The highest BCUT2D eigenvalue weighted by molar-refractivity contribution is 5.46. The van der Waals surface area contributed by atoms with Crippen molar-refractivity contribution in [3.05, 3.63) is 22.9 Å². The largest absolute Gasteiger partial charge is 0.384 e. The minimum absolute atomic E-state index is 0.327. The summed E-state index contributed by atoms with van der Waals surface area (Å²) in [7, 11) is 0. The smallest absolute Gasteiger partial charge is 0.123 e. The first-order chi connectivity index (χ1) is 6.89. The molecule has 0 fully saturated rings. The van der Waals surface area contributed by atoms with Crippen LogP contribution in [0.25, 0.3) is 0 Å². The third-order valence-corrected chi connectivity index (χ3v) is 3.45. The normalized spacial score (nSPS) is 20.4. The first-order valence-electron chi connectivity index (χ1n) is 5.65. The van der Waals surface area contributed by atoms with Crippen molar-refractivity contribution in [2.24, 2.45) is 5.41 Å². The van der Waals surface area contributed by atoms with Crippen molar-refractivity contribution in [1.29, 1.82) is 0 Å². The maximum Gasteiger partial charge on any atom is 0.123 e. The van der Waals surface area contributed by atoms with Crippen LogP contribution in [0.1, 0.15) is 49.9 Å². The lowest BCUT2D eigenvalue weighted by atomic mass is 9.77. The predicted octanol–water partition coefficient (Wildman–Crippen LogP) is 3.05. The fourth-order valence-corrected chi connectivity index (χ4v) is 2.77. The zero-order valence-electron chi connectivity index (χ0n) is 10.1. The SMILES string of the molecule is Cc1nc(N)cc2c1C(C(C)(C)C)CC2. The van der Waals surface area contributed by atoms with E-state index in [0.717, 1.165) is 12.1 Å². The number of fused-ring (bicyclic) bond motifs is 1. The van der Waals surface area contributed by atoms with Crippen LogP contribution in [0.5, 0.6) is 0 Å². The summed E-state index contributed by atoms with van der Waals surface area (Å²) in [6, 6.07) is 2.05. The van der Waals surface area contributed by atoms with Crippen LogP contribution in [-0.2, 0) is 6.42 Å². The number of hydrogen-bond donors (Lipinski definition) is 1. The predicted molar refractivity (Wildman–Crippen MR) is 63.9 cm³/mol. The number of hydrogen-bond acceptors (Lipinski definition) is 2. The van der Waals surface area contributed by atoms with E-state index in [1.165, 1.54) is 17.5 Å². The number of pyridine rings is 1. The number of anilines is 1. The van der Waals surface area contributed by atoms with E-state index in [4.69, 9.17) is 5.73 Å². The summed E-state index contributed by atoms with van der Waals surface area (Å²) in [5.41, 5.74) is 10.1. The van der Waals surface area contributed by atoms with E-state index < -0.39 is 0 Å². The molecule has 0 radical (unpaired) electrons. The third kappa shape index (κ3) is 1.73. The van der Waals surface area contributed by atoms with Gasteiger partial charge in [0, 0.05) is 5.69 Å². The van der Waals surface area contributed by atoms with Gasteiger partial charge in [0.15, 0.2) is 0 Å². The van der Waals surface area contributed by atoms with Crippen molar-refractivity contribution < 1.29 is 0 Å². The van der Waals surface area contributed by atoms with Crippen molar-refractivity contribution >= 4 is 5.82 Å². The number of nitrogens with two attached hydrogens (primary N) is 1. The molecule has 0 spiro atoms. The zero-order chi connectivity index (χ0) is 11.2. The Kier molecular flexibility index (Phi) is 2.25. The molecule has 2 rings (SSSR count). The molecule has 2 N–H and O–H groups in total. The standard InChI is InChI=1S/C13H20N2/c1-8-12-9(7-11(14)15-8)5-6-10(12)13(2,3)4/h7,10H,5-6H2,1-4H3,(H2,14,15). The Bertz CT molecular complexity index is 388. The number of rotatable bonds is 0. The quantitative estimate of drug-likeness (QED) is 0.705. The van der Waals surface area contributed by atoms with Crippen molar-refractivity contribution in [2.75, 3.05) is 5.73 Å². The second-order valence-electron chi connectivity index (χ2n) is 5.66. The van der Waals surface area contributed by atoms with Gasteiger partial charge in [0.25, 0.3) is 0 Å². The molecule has 1 aromatic rings. The van der Waals surface area contributed by atoms with E-state index in [9.17, 15) is 0 Å². The van der Waals surface area contributed by atoms with Crippen molar-refractivity contribution in [2.45, 2.75) is 46.5 Å². The Morgan fingerprint density at radius 2 is 2.07 bits per heavy atom. The summed E-state index contributed by atoms with van der Waals surface area (Å²) in [5.74, 6) is 1.31. The van der Waals surface area contributed by atoms with Gasteiger partial charge in [-0.25, -0.2) is 4.98 Å². The molecule has 0 aliphatic heterocycles. The lowest BCUT2D eigenvalue weighted by molar-refractivity contribution is 0.318. The Balaban J connectivity index is 2.51. The van der Waals surface area contributed by atoms with E-state index in [1.807, 2.05) is 6.07 Å². The van der Waals surface area contributed by atoms with Crippen molar-refractivity contribution in [3.8, 4) is 0 Å². The number of nitrogens with zero attached hydrogens (tertiary/aromatic N) is 1. The summed E-state index contributed by atoms with van der Waals surface area (Å²) < 4.78 is 0. The van der Waals surface area contributed by atoms with Gasteiger partial charge in [-0.3, -0.25) is 0 Å². The molecule has 0 amide bonds. The molecule has 0 saturated heterocycles. The molecule has 0 aromatic carbocycles. The van der Waals surface area contributed by atoms with Crippen LogP contribution in [0.3, 0.4) is 0 Å². The van der Waals surface area contributed by atoms with Gasteiger partial charge in [0.05, 0.1) is 0 Å². The first kappa shape index (κ1) is 10.5. The molecule has 0 saturated carbocycles. The molecule has 1 heterocycles. The van der Waals surface area contributed by atoms with Gasteiger partial charge in [-0.15, -0.1) is 0 Å². The molecule has 2 nitrogen and oxygen atoms in total. The van der Waals surface area contributed by atoms with E-state index in [2.05, 4.69) is 32.7 Å². The number of aryl methyl sites for hydroxylation is 2. The molecule has 1 unspecified atom stereocenters. The Morgan fingerprint density at radius 1 is 1.40 bits per heavy atom. The van der Waals surface area contributed by atoms with E-state index in [1.54, 1.807) is 0 Å². The van der Waals surface area contributed by atoms with Gasteiger partial charge in [-0.1, -0.05) is 20.8 Å². The monoisotopic (exact) mass is 204 g/mol. The Morgan fingerprint density at radius 3 is 2.67 bits per heavy atom. The average Bonchev–Trinajstić information content (AvgIpc) is 2.45. The summed E-state index contributed by atoms with van der Waals surface area (Å²) in [6.45, 7) is 9.01. The maximum atomic E-state index is 5.78. The van der Waals surface area contributed by atoms with Gasteiger partial charge in [0.1, 0.15) is 5.82 Å². The third-order valence-electron chi connectivity index (χ3n) is 3.45. The minimum atomic E-state index is 0.327. The molecule has 1 aromatic heterocycles. The first-order valence-corrected chi connectivity index (χ1v) is 5.65. The molecular weight excluding hydrogens is 184 g/mol. The van der Waals surface area contributed by atoms with Crippen LogP contribution >= 0.6 is 0 Å². The number of aromatic nitrogens is 1. The van der Waals surface area contributed by atoms with Gasteiger partial charge in [-0.2, -0.15) is 0 Å². The fraction of sp³-hybridized carbons (Fsp3) is 0.615. The second-order valence-corrected chi connectivity index (χ2v) is 5.66. The van der Waals surface area contributed by atoms with E-state index in [0.29, 0.717) is 17.2 Å². The summed E-state index contributed by atoms with van der Waals surface area (Å²) in [4.78, 5) is 4.39. The maximum absolute atomic E-state index is 5.78. The summed E-state index contributed by atoms with van der Waals surface area (Å²) >= 11 is 0. The summed E-state index contributed by atoms with van der Waals surface area (Å²) in [5, 5.41) is 0. The topological polar surface area (TPSA) is 38.9 Å². The highest BCUT2D eigenvalue weighted by atomic mass is 14.8. The molecule has 1 aliphatic rings. The lowest BCUT2D eigenvalue weighted by Gasteiger charge is -2.28. The molecular formula is C13H20N2. The molecule has 2 heteroatoms. The van der Waals surface area contributed by atoms with Crippen molar-refractivity contribution in [3.63, 3.8) is 0 Å². The molecule has 15 heavy (non-hydrogen) atoms. The van der Waals surface area contributed by atoms with Crippen LogP contribution in [0.4, 0.5) is 5.82 Å². The highest BCUT2D eigenvalue weighted by Crippen LogP contribution is 2.45. The fourth-order valence-electron chi connectivity index (χ4n) is 2.77. The lowest BCUT2D eigenvalue weighted by Crippen LogP contribution is -2.17. The van der Waals surface area contributed by atoms with Crippen LogP contribution in [0, 0.1) is 12.3 Å².